The molecule has 1 amide bonds. The fourth-order valence-electron chi connectivity index (χ4n) is 3.08. The number of hydrogen-bond donors (Lipinski definition) is 1. The molecule has 0 aromatic heterocycles. The monoisotopic (exact) mass is 357 g/mol. The predicted molar refractivity (Wildman–Crippen MR) is 101 cm³/mol. The summed E-state index contributed by atoms with van der Waals surface area (Å²) < 4.78 is 19.5. The van der Waals surface area contributed by atoms with Crippen LogP contribution in [0, 0.1) is 5.82 Å². The van der Waals surface area contributed by atoms with E-state index in [9.17, 15) is 9.18 Å². The predicted octanol–water partition coefficient (Wildman–Crippen LogP) is 2.92. The lowest BCUT2D eigenvalue weighted by Crippen LogP contribution is -2.49. The maximum atomic E-state index is 13.9. The Bertz CT molecular complexity index is 745. The minimum absolute atomic E-state index is 0.114. The summed E-state index contributed by atoms with van der Waals surface area (Å²) in [6.07, 6.45) is 1.08. The Morgan fingerprint density at radius 2 is 1.73 bits per heavy atom. The molecule has 0 unspecified atom stereocenters. The number of piperazine rings is 1. The molecule has 0 radical (unpaired) electrons. The number of carbonyl (C=O) groups is 1. The van der Waals surface area contributed by atoms with Crippen LogP contribution >= 0.6 is 0 Å². The zero-order valence-electron chi connectivity index (χ0n) is 14.7. The van der Waals surface area contributed by atoms with Crippen LogP contribution in [0.25, 0.3) is 0 Å². The third-order valence-electron chi connectivity index (χ3n) is 4.54. The lowest BCUT2D eigenvalue weighted by atomic mass is 10.2. The molecule has 1 saturated heterocycles. The van der Waals surface area contributed by atoms with Crippen molar-refractivity contribution in [1.82, 2.24) is 4.90 Å². The first-order chi connectivity index (χ1) is 12.6. The van der Waals surface area contributed by atoms with Gasteiger partial charge in [-0.05, 0) is 30.7 Å². The van der Waals surface area contributed by atoms with Gasteiger partial charge in [0.1, 0.15) is 11.6 Å². The lowest BCUT2D eigenvalue weighted by molar-refractivity contribution is -0.131. The number of anilines is 2. The van der Waals surface area contributed by atoms with Crippen LogP contribution in [0.2, 0.25) is 0 Å². The number of benzene rings is 2. The molecule has 5 nitrogen and oxygen atoms in total. The van der Waals surface area contributed by atoms with Gasteiger partial charge in [-0.2, -0.15) is 0 Å². The Morgan fingerprint density at radius 3 is 2.46 bits per heavy atom. The van der Waals surface area contributed by atoms with E-state index in [0.717, 1.165) is 0 Å². The number of rotatable bonds is 6. The number of halogens is 1. The maximum Gasteiger partial charge on any atom is 0.222 e. The number of para-hydroxylation sites is 3. The van der Waals surface area contributed by atoms with Gasteiger partial charge in [0.2, 0.25) is 5.91 Å². The van der Waals surface area contributed by atoms with Crippen molar-refractivity contribution in [2.45, 2.75) is 12.8 Å². The van der Waals surface area contributed by atoms with Gasteiger partial charge in [-0.1, -0.05) is 24.3 Å². The van der Waals surface area contributed by atoms with E-state index in [4.69, 9.17) is 10.5 Å². The first-order valence-corrected chi connectivity index (χ1v) is 8.89. The highest BCUT2D eigenvalue weighted by Crippen LogP contribution is 2.21. The van der Waals surface area contributed by atoms with E-state index in [-0.39, 0.29) is 11.7 Å². The van der Waals surface area contributed by atoms with Gasteiger partial charge >= 0.3 is 0 Å². The van der Waals surface area contributed by atoms with Crippen molar-refractivity contribution in [3.8, 4) is 5.75 Å². The van der Waals surface area contributed by atoms with E-state index in [1.165, 1.54) is 6.07 Å². The Labute approximate surface area is 153 Å². The van der Waals surface area contributed by atoms with Gasteiger partial charge in [0, 0.05) is 32.6 Å². The highest BCUT2D eigenvalue weighted by molar-refractivity contribution is 5.76. The minimum atomic E-state index is -0.218. The molecule has 2 aromatic carbocycles. The summed E-state index contributed by atoms with van der Waals surface area (Å²) in [6.45, 7) is 2.96. The van der Waals surface area contributed by atoms with Gasteiger partial charge < -0.3 is 20.3 Å². The third-order valence-corrected chi connectivity index (χ3v) is 4.54. The summed E-state index contributed by atoms with van der Waals surface area (Å²) in [7, 11) is 0. The van der Waals surface area contributed by atoms with Crippen LogP contribution < -0.4 is 15.4 Å². The van der Waals surface area contributed by atoms with Crippen molar-refractivity contribution in [3.05, 3.63) is 54.3 Å². The molecule has 6 heteroatoms. The molecule has 2 aromatic rings. The van der Waals surface area contributed by atoms with Gasteiger partial charge in [0.25, 0.3) is 0 Å². The number of nitrogens with two attached hydrogens (primary N) is 1. The molecule has 0 spiro atoms. The molecule has 3 rings (SSSR count). The molecule has 1 aliphatic heterocycles. The number of carbonyl (C=O) groups excluding carboxylic acids is 1. The van der Waals surface area contributed by atoms with E-state index >= 15 is 0 Å². The standard InChI is InChI=1S/C20H24FN3O2/c21-16-6-1-3-8-18(16)23-11-13-24(14-12-23)20(25)10-5-15-26-19-9-4-2-7-17(19)22/h1-4,6-9H,5,10-15,22H2. The largest absolute Gasteiger partial charge is 0.491 e. The molecular weight excluding hydrogens is 333 g/mol. The van der Waals surface area contributed by atoms with Crippen molar-refractivity contribution >= 4 is 17.3 Å². The van der Waals surface area contributed by atoms with Crippen molar-refractivity contribution in [3.63, 3.8) is 0 Å². The lowest BCUT2D eigenvalue weighted by Gasteiger charge is -2.36. The molecule has 138 valence electrons. The van der Waals surface area contributed by atoms with Crippen LogP contribution in [0.1, 0.15) is 12.8 Å². The first-order valence-electron chi connectivity index (χ1n) is 8.89. The molecule has 0 atom stereocenters. The summed E-state index contributed by atoms with van der Waals surface area (Å²) in [5, 5.41) is 0. The quantitative estimate of drug-likeness (QED) is 0.638. The normalized spacial score (nSPS) is 14.3. The fourth-order valence-corrected chi connectivity index (χ4v) is 3.08. The van der Waals surface area contributed by atoms with Gasteiger partial charge in [-0.25, -0.2) is 4.39 Å². The van der Waals surface area contributed by atoms with Crippen molar-refractivity contribution in [2.24, 2.45) is 0 Å². The minimum Gasteiger partial charge on any atom is -0.491 e. The summed E-state index contributed by atoms with van der Waals surface area (Å²) in [5.41, 5.74) is 7.02. The average Bonchev–Trinajstić information content (AvgIpc) is 2.67. The summed E-state index contributed by atoms with van der Waals surface area (Å²) in [6, 6.07) is 14.1. The van der Waals surface area contributed by atoms with Crippen molar-refractivity contribution in [2.75, 3.05) is 43.4 Å². The van der Waals surface area contributed by atoms with E-state index < -0.39 is 0 Å². The van der Waals surface area contributed by atoms with E-state index in [1.807, 2.05) is 34.1 Å². The number of nitrogen functional groups attached to an aromatic ring is 1. The second-order valence-electron chi connectivity index (χ2n) is 6.31. The summed E-state index contributed by atoms with van der Waals surface area (Å²) in [5.74, 6) is 0.547. The van der Waals surface area contributed by atoms with E-state index in [1.54, 1.807) is 18.2 Å². The Kier molecular flexibility index (Phi) is 5.94. The average molecular weight is 357 g/mol. The molecule has 1 aliphatic rings. The van der Waals surface area contributed by atoms with Crippen LogP contribution in [0.3, 0.4) is 0 Å². The summed E-state index contributed by atoms with van der Waals surface area (Å²) >= 11 is 0. The van der Waals surface area contributed by atoms with Gasteiger partial charge in [0.15, 0.2) is 0 Å². The third kappa shape index (κ3) is 4.45. The second-order valence-corrected chi connectivity index (χ2v) is 6.31. The highest BCUT2D eigenvalue weighted by Gasteiger charge is 2.22. The summed E-state index contributed by atoms with van der Waals surface area (Å²) in [4.78, 5) is 16.2. The smallest absolute Gasteiger partial charge is 0.222 e. The molecule has 26 heavy (non-hydrogen) atoms. The van der Waals surface area contributed by atoms with Crippen LogP contribution in [0.5, 0.6) is 5.75 Å². The second kappa shape index (κ2) is 8.56. The van der Waals surface area contributed by atoms with Crippen LogP contribution in [-0.4, -0.2) is 43.6 Å². The van der Waals surface area contributed by atoms with Crippen molar-refractivity contribution < 1.29 is 13.9 Å². The van der Waals surface area contributed by atoms with Crippen LogP contribution in [-0.2, 0) is 4.79 Å². The zero-order valence-corrected chi connectivity index (χ0v) is 14.7. The molecule has 0 aliphatic carbocycles. The molecule has 0 bridgehead atoms. The van der Waals surface area contributed by atoms with Gasteiger partial charge in [-0.15, -0.1) is 0 Å². The number of nitrogens with zero attached hydrogens (tertiary/aromatic N) is 2. The topological polar surface area (TPSA) is 58.8 Å². The fraction of sp³-hybridized carbons (Fsp3) is 0.350. The number of ether oxygens (including phenoxy) is 1. The molecular formula is C20H24FN3O2. The van der Waals surface area contributed by atoms with Crippen molar-refractivity contribution in [1.29, 1.82) is 0 Å². The molecule has 2 N–H and O–H groups in total. The van der Waals surface area contributed by atoms with Crippen LogP contribution in [0.15, 0.2) is 48.5 Å². The van der Waals surface area contributed by atoms with Crippen LogP contribution in [0.4, 0.5) is 15.8 Å². The van der Waals surface area contributed by atoms with E-state index in [2.05, 4.69) is 0 Å². The van der Waals surface area contributed by atoms with Gasteiger partial charge in [-0.3, -0.25) is 4.79 Å². The SMILES string of the molecule is Nc1ccccc1OCCCC(=O)N1CCN(c2ccccc2F)CC1. The molecule has 1 fully saturated rings. The maximum absolute atomic E-state index is 13.9. The Balaban J connectivity index is 1.40. The Hall–Kier alpha value is -2.76. The highest BCUT2D eigenvalue weighted by atomic mass is 19.1. The zero-order chi connectivity index (χ0) is 18.4. The van der Waals surface area contributed by atoms with E-state index in [0.29, 0.717) is 62.8 Å². The van der Waals surface area contributed by atoms with Gasteiger partial charge in [0.05, 0.1) is 18.0 Å². The number of amides is 1. The molecule has 0 saturated carbocycles. The molecule has 1 heterocycles. The number of hydrogen-bond acceptors (Lipinski definition) is 4. The first kappa shape index (κ1) is 18.0. The Morgan fingerprint density at radius 1 is 1.04 bits per heavy atom.